The number of nitrogens with one attached hydrogen (secondary N) is 1. The van der Waals surface area contributed by atoms with E-state index < -0.39 is 18.6 Å². The largest absolute Gasteiger partial charge is 0.497 e. The van der Waals surface area contributed by atoms with Crippen molar-refractivity contribution in [3.63, 3.8) is 0 Å². The Morgan fingerprint density at radius 2 is 2.15 bits per heavy atom. The van der Waals surface area contributed by atoms with Crippen molar-refractivity contribution >= 4 is 33.0 Å². The van der Waals surface area contributed by atoms with Gasteiger partial charge in [-0.3, -0.25) is 4.79 Å². The van der Waals surface area contributed by atoms with E-state index in [9.17, 15) is 18.0 Å². The SMILES string of the molecule is COc1ccc2c(N)c(C(=O)NCC(F)(F)F)sc2c1. The highest BCUT2D eigenvalue weighted by atomic mass is 32.1. The lowest BCUT2D eigenvalue weighted by molar-refractivity contribution is -0.123. The molecule has 20 heavy (non-hydrogen) atoms. The standard InChI is InChI=1S/C12H11F3N2O2S/c1-19-6-2-3-7-8(4-6)20-10(9(7)16)11(18)17-5-12(13,14)15/h2-4H,5,16H2,1H3,(H,17,18). The van der Waals surface area contributed by atoms with E-state index in [0.717, 1.165) is 11.3 Å². The fourth-order valence-corrected chi connectivity index (χ4v) is 2.72. The number of carbonyl (C=O) groups excluding carboxylic acids is 1. The van der Waals surface area contributed by atoms with Gasteiger partial charge < -0.3 is 15.8 Å². The van der Waals surface area contributed by atoms with Gasteiger partial charge in [-0.25, -0.2) is 0 Å². The third-order valence-electron chi connectivity index (χ3n) is 2.59. The Morgan fingerprint density at radius 1 is 1.45 bits per heavy atom. The minimum Gasteiger partial charge on any atom is -0.497 e. The molecule has 0 saturated carbocycles. The number of anilines is 1. The summed E-state index contributed by atoms with van der Waals surface area (Å²) < 4.78 is 41.9. The number of amides is 1. The number of fused-ring (bicyclic) bond motifs is 1. The minimum atomic E-state index is -4.45. The number of hydrogen-bond donors (Lipinski definition) is 2. The lowest BCUT2D eigenvalue weighted by Gasteiger charge is -2.07. The topological polar surface area (TPSA) is 64.3 Å². The minimum absolute atomic E-state index is 0.0671. The molecule has 3 N–H and O–H groups in total. The van der Waals surface area contributed by atoms with E-state index in [1.54, 1.807) is 23.5 Å². The molecule has 0 atom stereocenters. The number of ether oxygens (including phenoxy) is 1. The first-order chi connectivity index (χ1) is 9.31. The maximum Gasteiger partial charge on any atom is 0.405 e. The molecule has 8 heteroatoms. The molecule has 1 aromatic carbocycles. The molecule has 1 amide bonds. The predicted octanol–water partition coefficient (Wildman–Crippen LogP) is 2.78. The monoisotopic (exact) mass is 304 g/mol. The summed E-state index contributed by atoms with van der Waals surface area (Å²) in [5.74, 6) is -0.249. The van der Waals surface area contributed by atoms with Crippen LogP contribution in [0.3, 0.4) is 0 Å². The Balaban J connectivity index is 2.30. The maximum absolute atomic E-state index is 12.1. The van der Waals surface area contributed by atoms with Gasteiger partial charge in [-0.05, 0) is 18.2 Å². The Labute approximate surface area is 116 Å². The van der Waals surface area contributed by atoms with Gasteiger partial charge in [-0.15, -0.1) is 11.3 Å². The summed E-state index contributed by atoms with van der Waals surface area (Å²) in [7, 11) is 1.50. The van der Waals surface area contributed by atoms with Gasteiger partial charge in [0, 0.05) is 10.1 Å². The summed E-state index contributed by atoms with van der Waals surface area (Å²) in [5.41, 5.74) is 5.97. The summed E-state index contributed by atoms with van der Waals surface area (Å²) in [4.78, 5) is 11.8. The van der Waals surface area contributed by atoms with E-state index >= 15 is 0 Å². The number of alkyl halides is 3. The first-order valence-corrected chi connectivity index (χ1v) is 6.34. The van der Waals surface area contributed by atoms with Gasteiger partial charge >= 0.3 is 6.18 Å². The van der Waals surface area contributed by atoms with Crippen LogP contribution in [0, 0.1) is 0 Å². The summed E-state index contributed by atoms with van der Waals surface area (Å²) in [5, 5.41) is 2.42. The second-order valence-corrected chi connectivity index (χ2v) is 5.06. The number of benzene rings is 1. The van der Waals surface area contributed by atoms with Crippen molar-refractivity contribution in [3.8, 4) is 5.75 Å². The zero-order chi connectivity index (χ0) is 14.9. The van der Waals surface area contributed by atoms with Gasteiger partial charge in [0.25, 0.3) is 5.91 Å². The summed E-state index contributed by atoms with van der Waals surface area (Å²) in [6.07, 6.45) is -4.45. The third-order valence-corrected chi connectivity index (χ3v) is 3.76. The van der Waals surface area contributed by atoms with Crippen LogP contribution < -0.4 is 15.8 Å². The summed E-state index contributed by atoms with van der Waals surface area (Å²) in [6.45, 7) is -1.39. The first-order valence-electron chi connectivity index (χ1n) is 5.53. The van der Waals surface area contributed by atoms with Crippen LogP contribution in [0.15, 0.2) is 18.2 Å². The highest BCUT2D eigenvalue weighted by Crippen LogP contribution is 2.35. The van der Waals surface area contributed by atoms with Crippen LogP contribution in [0.4, 0.5) is 18.9 Å². The van der Waals surface area contributed by atoms with E-state index in [2.05, 4.69) is 0 Å². The van der Waals surface area contributed by atoms with Crippen LogP contribution in [0.2, 0.25) is 0 Å². The number of methoxy groups -OCH3 is 1. The molecule has 0 fully saturated rings. The molecule has 0 spiro atoms. The van der Waals surface area contributed by atoms with E-state index in [-0.39, 0.29) is 10.6 Å². The number of rotatable bonds is 3. The highest BCUT2D eigenvalue weighted by molar-refractivity contribution is 7.21. The molecule has 108 valence electrons. The van der Waals surface area contributed by atoms with E-state index in [1.807, 2.05) is 0 Å². The van der Waals surface area contributed by atoms with Crippen molar-refractivity contribution < 1.29 is 22.7 Å². The molecule has 0 aliphatic heterocycles. The quantitative estimate of drug-likeness (QED) is 0.916. The number of hydrogen-bond acceptors (Lipinski definition) is 4. The molecule has 0 aliphatic carbocycles. The van der Waals surface area contributed by atoms with Gasteiger partial charge in [0.15, 0.2) is 0 Å². The van der Waals surface area contributed by atoms with Crippen LogP contribution in [-0.4, -0.2) is 25.7 Å². The Hall–Kier alpha value is -1.96. The lowest BCUT2D eigenvalue weighted by atomic mass is 10.2. The van der Waals surface area contributed by atoms with Crippen LogP contribution in [0.25, 0.3) is 10.1 Å². The average Bonchev–Trinajstić information content (AvgIpc) is 2.72. The van der Waals surface area contributed by atoms with Crippen LogP contribution in [-0.2, 0) is 0 Å². The zero-order valence-corrected chi connectivity index (χ0v) is 11.2. The van der Waals surface area contributed by atoms with Crippen LogP contribution >= 0.6 is 11.3 Å². The highest BCUT2D eigenvalue weighted by Gasteiger charge is 2.28. The van der Waals surface area contributed by atoms with E-state index in [4.69, 9.17) is 10.5 Å². The molecule has 2 rings (SSSR count). The molecule has 1 heterocycles. The first kappa shape index (κ1) is 14.4. The molecule has 4 nitrogen and oxygen atoms in total. The molecule has 2 aromatic rings. The van der Waals surface area contributed by atoms with Gasteiger partial charge in [-0.2, -0.15) is 13.2 Å². The molecule has 0 aliphatic rings. The molecule has 0 bridgehead atoms. The number of carbonyl (C=O) groups is 1. The molecule has 0 unspecified atom stereocenters. The van der Waals surface area contributed by atoms with Crippen molar-refractivity contribution in [2.75, 3.05) is 19.4 Å². The van der Waals surface area contributed by atoms with Crippen molar-refractivity contribution in [1.29, 1.82) is 0 Å². The van der Waals surface area contributed by atoms with Gasteiger partial charge in [-0.1, -0.05) is 0 Å². The summed E-state index contributed by atoms with van der Waals surface area (Å²) >= 11 is 1.03. The second-order valence-electron chi connectivity index (χ2n) is 4.00. The van der Waals surface area contributed by atoms with Crippen molar-refractivity contribution in [2.45, 2.75) is 6.18 Å². The zero-order valence-electron chi connectivity index (χ0n) is 10.4. The van der Waals surface area contributed by atoms with Crippen molar-refractivity contribution in [3.05, 3.63) is 23.1 Å². The van der Waals surface area contributed by atoms with Gasteiger partial charge in [0.05, 0.1) is 12.8 Å². The van der Waals surface area contributed by atoms with Gasteiger partial charge in [0.1, 0.15) is 17.2 Å². The third kappa shape index (κ3) is 2.96. The predicted molar refractivity (Wildman–Crippen MR) is 71.2 cm³/mol. The normalized spacial score (nSPS) is 11.6. The Kier molecular flexibility index (Phi) is 3.76. The smallest absolute Gasteiger partial charge is 0.405 e. The van der Waals surface area contributed by atoms with Crippen molar-refractivity contribution in [1.82, 2.24) is 5.32 Å². The molecular formula is C12H11F3N2O2S. The van der Waals surface area contributed by atoms with Crippen molar-refractivity contribution in [2.24, 2.45) is 0 Å². The van der Waals surface area contributed by atoms with Gasteiger partial charge in [0.2, 0.25) is 0 Å². The average molecular weight is 304 g/mol. The van der Waals surface area contributed by atoms with E-state index in [0.29, 0.717) is 15.8 Å². The fraction of sp³-hybridized carbons (Fsp3) is 0.250. The number of halogens is 3. The molecular weight excluding hydrogens is 293 g/mol. The molecule has 1 aromatic heterocycles. The number of nitrogens with two attached hydrogens (primary N) is 1. The fourth-order valence-electron chi connectivity index (χ4n) is 1.65. The number of thiophene rings is 1. The molecule has 0 radical (unpaired) electrons. The second kappa shape index (κ2) is 5.20. The summed E-state index contributed by atoms with van der Waals surface area (Å²) in [6, 6.07) is 5.01. The van der Waals surface area contributed by atoms with E-state index in [1.165, 1.54) is 7.11 Å². The van der Waals surface area contributed by atoms with Crippen LogP contribution in [0.5, 0.6) is 5.75 Å². The van der Waals surface area contributed by atoms with Crippen LogP contribution in [0.1, 0.15) is 9.67 Å². The molecule has 0 saturated heterocycles. The lowest BCUT2D eigenvalue weighted by Crippen LogP contribution is -2.33. The maximum atomic E-state index is 12.1. The Morgan fingerprint density at radius 3 is 2.75 bits per heavy atom. The Bertz CT molecular complexity index is 652. The number of nitrogen functional groups attached to an aromatic ring is 1.